The van der Waals surface area contributed by atoms with Gasteiger partial charge in [0, 0.05) is 11.4 Å². The van der Waals surface area contributed by atoms with Crippen molar-refractivity contribution >= 4 is 17.4 Å². The van der Waals surface area contributed by atoms with Crippen molar-refractivity contribution in [2.45, 2.75) is 38.1 Å². The zero-order valence-electron chi connectivity index (χ0n) is 16.2. The molecule has 6 heteroatoms. The molecule has 0 radical (unpaired) electrons. The summed E-state index contributed by atoms with van der Waals surface area (Å²) in [5, 5.41) is 0.702. The van der Waals surface area contributed by atoms with Crippen molar-refractivity contribution in [1.29, 1.82) is 0 Å². The predicted octanol–water partition coefficient (Wildman–Crippen LogP) is 4.92. The van der Waals surface area contributed by atoms with Crippen molar-refractivity contribution in [3.05, 3.63) is 71.1 Å². The van der Waals surface area contributed by atoms with Crippen molar-refractivity contribution in [1.82, 2.24) is 0 Å². The van der Waals surface area contributed by atoms with E-state index in [9.17, 15) is 4.79 Å². The van der Waals surface area contributed by atoms with E-state index in [1.807, 2.05) is 24.3 Å². The molecule has 0 N–H and O–H groups in total. The summed E-state index contributed by atoms with van der Waals surface area (Å²) in [6, 6.07) is 14.8. The van der Waals surface area contributed by atoms with Gasteiger partial charge in [0.05, 0.1) is 25.7 Å². The smallest absolute Gasteiger partial charge is 0.207 e. The maximum atomic E-state index is 12.9. The van der Waals surface area contributed by atoms with Crippen LogP contribution in [0.25, 0.3) is 0 Å². The number of Topliss-reactive ketones (excluding diaryl/α,β-unsaturated/α-hetero) is 1. The van der Waals surface area contributed by atoms with Crippen LogP contribution in [0.4, 0.5) is 0 Å². The number of hydrogen-bond acceptors (Lipinski definition) is 5. The van der Waals surface area contributed by atoms with Gasteiger partial charge in [-0.1, -0.05) is 29.8 Å². The summed E-state index contributed by atoms with van der Waals surface area (Å²) >= 11 is 6.19. The van der Waals surface area contributed by atoms with Crippen LogP contribution < -0.4 is 9.47 Å². The van der Waals surface area contributed by atoms with Gasteiger partial charge >= 0.3 is 0 Å². The monoisotopic (exact) mass is 414 g/mol. The number of benzene rings is 2. The molecule has 3 unspecified atom stereocenters. The highest BCUT2D eigenvalue weighted by atomic mass is 35.5. The first-order valence-corrected chi connectivity index (χ1v) is 10.1. The maximum absolute atomic E-state index is 12.9. The van der Waals surface area contributed by atoms with Gasteiger partial charge < -0.3 is 18.9 Å². The summed E-state index contributed by atoms with van der Waals surface area (Å²) in [7, 11) is 1.60. The highest BCUT2D eigenvalue weighted by Gasteiger charge is 2.41. The minimum absolute atomic E-state index is 0.0124. The molecule has 0 amide bonds. The summed E-state index contributed by atoms with van der Waals surface area (Å²) in [5.41, 5.74) is 0.965. The lowest BCUT2D eigenvalue weighted by atomic mass is 9.80. The normalized spacial score (nSPS) is 23.6. The van der Waals surface area contributed by atoms with Crippen LogP contribution in [-0.2, 0) is 20.9 Å². The number of halogens is 1. The van der Waals surface area contributed by atoms with Crippen LogP contribution in [0.2, 0.25) is 5.02 Å². The Balaban J connectivity index is 1.35. The van der Waals surface area contributed by atoms with Crippen molar-refractivity contribution in [3.8, 4) is 11.5 Å². The first kappa shape index (κ1) is 19.8. The highest BCUT2D eigenvalue weighted by molar-refractivity contribution is 6.31. The Kier molecular flexibility index (Phi) is 6.07. The number of methoxy groups -OCH3 is 1. The van der Waals surface area contributed by atoms with Gasteiger partial charge in [0.2, 0.25) is 11.5 Å². The van der Waals surface area contributed by atoms with Crippen molar-refractivity contribution < 1.29 is 23.7 Å². The van der Waals surface area contributed by atoms with Crippen molar-refractivity contribution in [3.63, 3.8) is 0 Å². The van der Waals surface area contributed by atoms with E-state index >= 15 is 0 Å². The number of ether oxygens (including phenoxy) is 4. The predicted molar refractivity (Wildman–Crippen MR) is 109 cm³/mol. The number of fused-ring (bicyclic) bond motifs is 1. The molecule has 2 aromatic rings. The second kappa shape index (κ2) is 8.89. The summed E-state index contributed by atoms with van der Waals surface area (Å²) in [6.45, 7) is 0.456. The van der Waals surface area contributed by atoms with Gasteiger partial charge in [0.25, 0.3) is 0 Å². The third-order valence-corrected chi connectivity index (χ3v) is 5.76. The van der Waals surface area contributed by atoms with Gasteiger partial charge in [-0.2, -0.15) is 0 Å². The van der Waals surface area contributed by atoms with Crippen LogP contribution in [0.3, 0.4) is 0 Å². The van der Waals surface area contributed by atoms with E-state index in [1.165, 1.54) is 6.26 Å². The minimum atomic E-state index is -0.201. The number of hydrogen-bond donors (Lipinski definition) is 0. The maximum Gasteiger partial charge on any atom is 0.207 e. The van der Waals surface area contributed by atoms with Crippen LogP contribution in [0, 0.1) is 5.92 Å². The summed E-state index contributed by atoms with van der Waals surface area (Å²) in [6.07, 6.45) is 3.47. The molecule has 2 aromatic carbocycles. The highest BCUT2D eigenvalue weighted by Crippen LogP contribution is 2.35. The van der Waals surface area contributed by atoms with Crippen LogP contribution in [-0.4, -0.2) is 25.1 Å². The summed E-state index contributed by atoms with van der Waals surface area (Å²) in [4.78, 5) is 12.9. The molecule has 1 aliphatic heterocycles. The molecule has 1 fully saturated rings. The molecule has 0 bridgehead atoms. The van der Waals surface area contributed by atoms with Crippen LogP contribution in [0.15, 0.2) is 60.6 Å². The lowest BCUT2D eigenvalue weighted by Gasteiger charge is -2.37. The first-order chi connectivity index (χ1) is 14.1. The Morgan fingerprint density at radius 2 is 1.83 bits per heavy atom. The summed E-state index contributed by atoms with van der Waals surface area (Å²) in [5.74, 6) is 1.33. The second-order valence-electron chi connectivity index (χ2n) is 7.24. The quantitative estimate of drug-likeness (QED) is 0.671. The molecule has 1 saturated carbocycles. The first-order valence-electron chi connectivity index (χ1n) is 9.71. The molecule has 1 heterocycles. The zero-order chi connectivity index (χ0) is 20.2. The van der Waals surface area contributed by atoms with Crippen LogP contribution >= 0.6 is 11.6 Å². The van der Waals surface area contributed by atoms with Gasteiger partial charge in [-0.05, 0) is 48.7 Å². The number of ketones is 1. The summed E-state index contributed by atoms with van der Waals surface area (Å²) < 4.78 is 22.8. The molecule has 29 heavy (non-hydrogen) atoms. The third kappa shape index (κ3) is 4.57. The zero-order valence-corrected chi connectivity index (χ0v) is 16.9. The second-order valence-corrected chi connectivity index (χ2v) is 7.65. The van der Waals surface area contributed by atoms with E-state index in [0.29, 0.717) is 30.2 Å². The number of carbonyl (C=O) groups is 1. The van der Waals surface area contributed by atoms with Gasteiger partial charge in [-0.25, -0.2) is 0 Å². The SMILES string of the molecule is COc1ccc(OC2=COC3CC(OCc4ccccc4Cl)CCC3C2=O)cc1. The average molecular weight is 415 g/mol. The average Bonchev–Trinajstić information content (AvgIpc) is 2.75. The van der Waals surface area contributed by atoms with Gasteiger partial charge in [0.1, 0.15) is 23.9 Å². The van der Waals surface area contributed by atoms with E-state index in [4.69, 9.17) is 30.5 Å². The lowest BCUT2D eigenvalue weighted by molar-refractivity contribution is -0.134. The molecular weight excluding hydrogens is 392 g/mol. The fourth-order valence-corrected chi connectivity index (χ4v) is 3.94. The van der Waals surface area contributed by atoms with Gasteiger partial charge in [0.15, 0.2) is 0 Å². The molecular formula is C23H23ClO5. The largest absolute Gasteiger partial charge is 0.497 e. The molecule has 1 aliphatic carbocycles. The van der Waals surface area contributed by atoms with Gasteiger partial charge in [-0.15, -0.1) is 0 Å². The number of allylic oxidation sites excluding steroid dienone is 1. The van der Waals surface area contributed by atoms with Gasteiger partial charge in [-0.3, -0.25) is 4.79 Å². The Morgan fingerprint density at radius 3 is 2.59 bits per heavy atom. The molecule has 0 aromatic heterocycles. The number of rotatable bonds is 6. The van der Waals surface area contributed by atoms with E-state index in [2.05, 4.69) is 0 Å². The van der Waals surface area contributed by atoms with E-state index in [1.54, 1.807) is 31.4 Å². The Labute approximate surface area is 175 Å². The Morgan fingerprint density at radius 1 is 1.07 bits per heavy atom. The molecule has 5 nitrogen and oxygen atoms in total. The third-order valence-electron chi connectivity index (χ3n) is 5.39. The van der Waals surface area contributed by atoms with E-state index < -0.39 is 0 Å². The topological polar surface area (TPSA) is 54.0 Å². The Bertz CT molecular complexity index is 892. The van der Waals surface area contributed by atoms with Crippen LogP contribution in [0.5, 0.6) is 11.5 Å². The molecule has 0 saturated heterocycles. The van der Waals surface area contributed by atoms with Crippen LogP contribution in [0.1, 0.15) is 24.8 Å². The van der Waals surface area contributed by atoms with Crippen molar-refractivity contribution in [2.24, 2.45) is 5.92 Å². The molecule has 3 atom stereocenters. The molecule has 152 valence electrons. The van der Waals surface area contributed by atoms with E-state index in [0.717, 1.165) is 17.7 Å². The van der Waals surface area contributed by atoms with E-state index in [-0.39, 0.29) is 29.7 Å². The fourth-order valence-electron chi connectivity index (χ4n) is 3.75. The fraction of sp³-hybridized carbons (Fsp3) is 0.348. The lowest BCUT2D eigenvalue weighted by Crippen LogP contribution is -2.42. The Hall–Kier alpha value is -2.50. The molecule has 2 aliphatic rings. The molecule has 4 rings (SSSR count). The number of carbonyl (C=O) groups excluding carboxylic acids is 1. The standard InChI is InChI=1S/C23H23ClO5/c1-26-16-6-8-17(9-7-16)29-22-14-28-21-12-18(10-11-19(21)23(22)25)27-13-15-4-2-3-5-20(15)24/h2-9,14,18-19,21H,10-13H2,1H3. The van der Waals surface area contributed by atoms with Crippen molar-refractivity contribution in [2.75, 3.05) is 7.11 Å². The minimum Gasteiger partial charge on any atom is -0.497 e. The molecule has 0 spiro atoms.